The van der Waals surface area contributed by atoms with Gasteiger partial charge in [-0.15, -0.1) is 0 Å². The molecule has 1 aromatic heterocycles. The number of hydrogen-bond donors (Lipinski definition) is 0. The zero-order valence-corrected chi connectivity index (χ0v) is 11.5. The van der Waals surface area contributed by atoms with Gasteiger partial charge in [0.05, 0.1) is 6.33 Å². The van der Waals surface area contributed by atoms with Gasteiger partial charge < -0.3 is 9.36 Å². The molecule has 3 rings (SSSR count). The lowest BCUT2D eigenvalue weighted by Gasteiger charge is -2.29. The molecule has 1 aliphatic heterocycles. The summed E-state index contributed by atoms with van der Waals surface area (Å²) < 4.78 is 2.00. The molecule has 0 saturated carbocycles. The fourth-order valence-electron chi connectivity index (χ4n) is 2.69. The van der Waals surface area contributed by atoms with Gasteiger partial charge in [0.1, 0.15) is 6.29 Å². The number of hydrogen-bond acceptors (Lipinski definition) is 3. The van der Waals surface area contributed by atoms with E-state index in [9.17, 15) is 4.79 Å². The van der Waals surface area contributed by atoms with Gasteiger partial charge in [0.2, 0.25) is 0 Å². The van der Waals surface area contributed by atoms with Gasteiger partial charge >= 0.3 is 0 Å². The van der Waals surface area contributed by atoms with E-state index < -0.39 is 0 Å². The van der Waals surface area contributed by atoms with Gasteiger partial charge in [-0.3, -0.25) is 4.90 Å². The fourth-order valence-corrected chi connectivity index (χ4v) is 2.69. The molecule has 0 radical (unpaired) electrons. The van der Waals surface area contributed by atoms with Gasteiger partial charge in [-0.05, 0) is 43.6 Å². The highest BCUT2D eigenvalue weighted by atomic mass is 16.1. The average Bonchev–Trinajstić information content (AvgIpc) is 3.03. The Morgan fingerprint density at radius 1 is 1.20 bits per heavy atom. The first-order valence-corrected chi connectivity index (χ1v) is 7.10. The smallest absolute Gasteiger partial charge is 0.123 e. The van der Waals surface area contributed by atoms with Crippen LogP contribution in [0.25, 0.3) is 5.69 Å². The zero-order chi connectivity index (χ0) is 13.8. The molecule has 1 aliphatic rings. The highest BCUT2D eigenvalue weighted by Gasteiger charge is 2.18. The normalized spacial score (nSPS) is 17.2. The van der Waals surface area contributed by atoms with Crippen LogP contribution in [-0.2, 0) is 11.3 Å². The molecular weight excluding hydrogens is 250 g/mol. The number of carbonyl (C=O) groups is 1. The van der Waals surface area contributed by atoms with Crippen molar-refractivity contribution < 1.29 is 4.79 Å². The third-order valence-corrected chi connectivity index (χ3v) is 3.97. The first-order valence-electron chi connectivity index (χ1n) is 7.10. The Bertz CT molecular complexity index is 540. The van der Waals surface area contributed by atoms with E-state index in [1.54, 1.807) is 12.5 Å². The molecule has 4 heteroatoms. The van der Waals surface area contributed by atoms with Crippen LogP contribution in [0.4, 0.5) is 0 Å². The molecule has 0 amide bonds. The second kappa shape index (κ2) is 6.01. The van der Waals surface area contributed by atoms with Crippen LogP contribution in [0.15, 0.2) is 43.0 Å². The molecule has 1 saturated heterocycles. The summed E-state index contributed by atoms with van der Waals surface area (Å²) in [6, 6.07) is 8.58. The molecule has 2 aromatic rings. The second-order valence-corrected chi connectivity index (χ2v) is 5.39. The van der Waals surface area contributed by atoms with E-state index in [1.165, 1.54) is 5.56 Å². The first kappa shape index (κ1) is 13.1. The highest BCUT2D eigenvalue weighted by molar-refractivity contribution is 5.53. The summed E-state index contributed by atoms with van der Waals surface area (Å²) in [4.78, 5) is 17.2. The van der Waals surface area contributed by atoms with Crippen molar-refractivity contribution in [3.8, 4) is 5.69 Å². The summed E-state index contributed by atoms with van der Waals surface area (Å²) >= 11 is 0. The Morgan fingerprint density at radius 2 is 1.95 bits per heavy atom. The van der Waals surface area contributed by atoms with E-state index >= 15 is 0 Å². The molecule has 0 bridgehead atoms. The van der Waals surface area contributed by atoms with Crippen molar-refractivity contribution in [2.24, 2.45) is 5.92 Å². The van der Waals surface area contributed by atoms with Crippen LogP contribution in [0.2, 0.25) is 0 Å². The maximum absolute atomic E-state index is 10.7. The minimum absolute atomic E-state index is 0.273. The quantitative estimate of drug-likeness (QED) is 0.799. The number of rotatable bonds is 4. The zero-order valence-electron chi connectivity index (χ0n) is 11.5. The molecule has 1 fully saturated rings. The average molecular weight is 269 g/mol. The molecule has 0 unspecified atom stereocenters. The Kier molecular flexibility index (Phi) is 3.92. The predicted molar refractivity (Wildman–Crippen MR) is 77.6 cm³/mol. The molecule has 0 atom stereocenters. The number of carbonyl (C=O) groups excluding carboxylic acids is 1. The van der Waals surface area contributed by atoms with Crippen molar-refractivity contribution in [2.45, 2.75) is 19.4 Å². The molecule has 104 valence electrons. The van der Waals surface area contributed by atoms with Gasteiger partial charge in [0.25, 0.3) is 0 Å². The molecule has 20 heavy (non-hydrogen) atoms. The third kappa shape index (κ3) is 2.96. The van der Waals surface area contributed by atoms with Crippen molar-refractivity contribution >= 4 is 6.29 Å². The Balaban J connectivity index is 1.60. The Labute approximate surface area is 119 Å². The number of aromatic nitrogens is 2. The van der Waals surface area contributed by atoms with Gasteiger partial charge in [-0.2, -0.15) is 0 Å². The number of benzene rings is 1. The maximum Gasteiger partial charge on any atom is 0.123 e. The topological polar surface area (TPSA) is 38.1 Å². The molecule has 2 heterocycles. The molecule has 4 nitrogen and oxygen atoms in total. The van der Waals surface area contributed by atoms with E-state index in [2.05, 4.69) is 34.1 Å². The standard InChI is InChI=1S/C16H19N3O/c20-12-15-5-8-18(9-6-15)11-14-1-3-16(4-2-14)19-10-7-17-13-19/h1-4,7,10,12-13,15H,5-6,8-9,11H2. The summed E-state index contributed by atoms with van der Waals surface area (Å²) in [7, 11) is 0. The van der Waals surface area contributed by atoms with E-state index in [1.807, 2.05) is 10.8 Å². The van der Waals surface area contributed by atoms with Crippen LogP contribution in [0.5, 0.6) is 0 Å². The van der Waals surface area contributed by atoms with Crippen molar-refractivity contribution in [2.75, 3.05) is 13.1 Å². The van der Waals surface area contributed by atoms with Gasteiger partial charge in [0.15, 0.2) is 0 Å². The number of piperidine rings is 1. The summed E-state index contributed by atoms with van der Waals surface area (Å²) in [5.41, 5.74) is 2.45. The third-order valence-electron chi connectivity index (χ3n) is 3.97. The molecule has 1 aromatic carbocycles. The second-order valence-electron chi connectivity index (χ2n) is 5.39. The SMILES string of the molecule is O=CC1CCN(Cc2ccc(-n3ccnc3)cc2)CC1. The van der Waals surface area contributed by atoms with Gasteiger partial charge in [-0.1, -0.05) is 12.1 Å². The lowest BCUT2D eigenvalue weighted by atomic mass is 9.98. The largest absolute Gasteiger partial charge is 0.306 e. The molecular formula is C16H19N3O. The Morgan fingerprint density at radius 3 is 2.55 bits per heavy atom. The van der Waals surface area contributed by atoms with E-state index in [4.69, 9.17) is 0 Å². The maximum atomic E-state index is 10.7. The first-order chi connectivity index (χ1) is 9.85. The number of imidazole rings is 1. The highest BCUT2D eigenvalue weighted by Crippen LogP contribution is 2.18. The van der Waals surface area contributed by atoms with Crippen LogP contribution in [0, 0.1) is 5.92 Å². The fraction of sp³-hybridized carbons (Fsp3) is 0.375. The number of aldehydes is 1. The predicted octanol–water partition coefficient (Wildman–Crippen LogP) is 2.28. The van der Waals surface area contributed by atoms with Crippen LogP contribution in [0.1, 0.15) is 18.4 Å². The van der Waals surface area contributed by atoms with E-state index in [-0.39, 0.29) is 5.92 Å². The number of likely N-dealkylation sites (tertiary alicyclic amines) is 1. The van der Waals surface area contributed by atoms with Gasteiger partial charge in [-0.25, -0.2) is 4.98 Å². The monoisotopic (exact) mass is 269 g/mol. The van der Waals surface area contributed by atoms with Crippen LogP contribution >= 0.6 is 0 Å². The van der Waals surface area contributed by atoms with Gasteiger partial charge in [0, 0.05) is 30.5 Å². The van der Waals surface area contributed by atoms with Crippen molar-refractivity contribution in [1.82, 2.24) is 14.5 Å². The minimum atomic E-state index is 0.273. The lowest BCUT2D eigenvalue weighted by molar-refractivity contribution is -0.112. The molecule has 0 N–H and O–H groups in total. The van der Waals surface area contributed by atoms with Crippen molar-refractivity contribution in [1.29, 1.82) is 0 Å². The lowest BCUT2D eigenvalue weighted by Crippen LogP contribution is -2.33. The Hall–Kier alpha value is -1.94. The summed E-state index contributed by atoms with van der Waals surface area (Å²) in [6.45, 7) is 3.01. The minimum Gasteiger partial charge on any atom is -0.306 e. The van der Waals surface area contributed by atoms with Crippen molar-refractivity contribution in [3.63, 3.8) is 0 Å². The van der Waals surface area contributed by atoms with Crippen LogP contribution < -0.4 is 0 Å². The summed E-state index contributed by atoms with van der Waals surface area (Å²) in [5, 5.41) is 0. The van der Waals surface area contributed by atoms with Crippen LogP contribution in [-0.4, -0.2) is 33.8 Å². The summed E-state index contributed by atoms with van der Waals surface area (Å²) in [5.74, 6) is 0.273. The molecule has 0 aliphatic carbocycles. The van der Waals surface area contributed by atoms with E-state index in [0.29, 0.717) is 0 Å². The summed E-state index contributed by atoms with van der Waals surface area (Å²) in [6.07, 6.45) is 8.63. The van der Waals surface area contributed by atoms with E-state index in [0.717, 1.165) is 44.4 Å². The van der Waals surface area contributed by atoms with Crippen molar-refractivity contribution in [3.05, 3.63) is 48.5 Å². The number of nitrogens with zero attached hydrogens (tertiary/aromatic N) is 3. The molecule has 0 spiro atoms. The van der Waals surface area contributed by atoms with Crippen LogP contribution in [0.3, 0.4) is 0 Å².